The average Bonchev–Trinajstić information content (AvgIpc) is 2.49. The smallest absolute Gasteiger partial charge is 0.312 e. The molecule has 0 radical (unpaired) electrons. The molecule has 0 heterocycles. The lowest BCUT2D eigenvalue weighted by Gasteiger charge is -2.17. The van der Waals surface area contributed by atoms with Crippen LogP contribution < -0.4 is 5.32 Å². The second kappa shape index (κ2) is 14.5. The van der Waals surface area contributed by atoms with E-state index in [2.05, 4.69) is 12.2 Å². The molecule has 4 nitrogen and oxygen atoms in total. The minimum atomic E-state index is -1.85. The van der Waals surface area contributed by atoms with Gasteiger partial charge in [0.2, 0.25) is 14.2 Å². The zero-order chi connectivity index (χ0) is 18.3. The Balaban J connectivity index is 3.36. The molecule has 0 aliphatic rings. The maximum atomic E-state index is 11.7. The Morgan fingerprint density at radius 1 is 0.792 bits per heavy atom. The minimum Gasteiger partial charge on any atom is -0.519 e. The van der Waals surface area contributed by atoms with Gasteiger partial charge in [0, 0.05) is 6.42 Å². The van der Waals surface area contributed by atoms with Crippen molar-refractivity contribution < 1.29 is 14.0 Å². The number of unbranched alkanes of at least 4 members (excludes halogenated alkanes) is 10. The third-order valence-corrected chi connectivity index (χ3v) is 4.70. The predicted octanol–water partition coefficient (Wildman–Crippen LogP) is 5.18. The fourth-order valence-corrected chi connectivity index (χ4v) is 3.34. The molecule has 5 heteroatoms. The van der Waals surface area contributed by atoms with Gasteiger partial charge in [0.15, 0.2) is 0 Å². The second-order valence-electron chi connectivity index (χ2n) is 7.65. The molecule has 0 saturated heterocycles. The Bertz CT molecular complexity index is 340. The zero-order valence-electron chi connectivity index (χ0n) is 16.4. The number of hydrogen-bond donors (Lipinski definition) is 1. The number of rotatable bonds is 15. The number of hydrogen-bond acceptors (Lipinski definition) is 3. The van der Waals surface area contributed by atoms with Crippen LogP contribution in [0.2, 0.25) is 19.6 Å². The highest BCUT2D eigenvalue weighted by atomic mass is 28.4. The first-order valence-electron chi connectivity index (χ1n) is 9.83. The largest absolute Gasteiger partial charge is 0.519 e. The first-order valence-corrected chi connectivity index (χ1v) is 13.2. The molecule has 0 aliphatic heterocycles. The lowest BCUT2D eigenvalue weighted by Crippen LogP contribution is -2.36. The summed E-state index contributed by atoms with van der Waals surface area (Å²) < 4.78 is 5.28. The monoisotopic (exact) mass is 357 g/mol. The van der Waals surface area contributed by atoms with Gasteiger partial charge in [-0.2, -0.15) is 0 Å². The first kappa shape index (κ1) is 23.2. The summed E-state index contributed by atoms with van der Waals surface area (Å²) in [6, 6.07) is 0. The second-order valence-corrected chi connectivity index (χ2v) is 12.1. The van der Waals surface area contributed by atoms with Crippen molar-refractivity contribution in [3.63, 3.8) is 0 Å². The molecule has 0 unspecified atom stereocenters. The van der Waals surface area contributed by atoms with Gasteiger partial charge in [-0.15, -0.1) is 0 Å². The van der Waals surface area contributed by atoms with Gasteiger partial charge in [-0.3, -0.25) is 9.59 Å². The van der Waals surface area contributed by atoms with Crippen LogP contribution in [0.3, 0.4) is 0 Å². The molecular weight excluding hydrogens is 318 g/mol. The lowest BCUT2D eigenvalue weighted by molar-refractivity contribution is -0.136. The summed E-state index contributed by atoms with van der Waals surface area (Å²) in [4.78, 5) is 23.2. The minimum absolute atomic E-state index is 0.00113. The first-order chi connectivity index (χ1) is 11.3. The fraction of sp³-hybridized carbons (Fsp3) is 0.895. The number of carbonyl (C=O) groups is 2. The number of amides is 1. The van der Waals surface area contributed by atoms with Crippen molar-refractivity contribution in [1.82, 2.24) is 5.32 Å². The van der Waals surface area contributed by atoms with Crippen LogP contribution in [0.4, 0.5) is 0 Å². The highest BCUT2D eigenvalue weighted by Crippen LogP contribution is 2.11. The Labute approximate surface area is 150 Å². The molecule has 1 amide bonds. The summed E-state index contributed by atoms with van der Waals surface area (Å²) in [5.74, 6) is -0.361. The van der Waals surface area contributed by atoms with E-state index in [-0.39, 0.29) is 18.4 Å². The normalized spacial score (nSPS) is 11.3. The molecule has 0 bridgehead atoms. The third kappa shape index (κ3) is 17.5. The Kier molecular flexibility index (Phi) is 14.0. The van der Waals surface area contributed by atoms with Crippen LogP contribution in [0, 0.1) is 0 Å². The van der Waals surface area contributed by atoms with Crippen molar-refractivity contribution in [3.8, 4) is 0 Å². The van der Waals surface area contributed by atoms with Crippen molar-refractivity contribution in [2.24, 2.45) is 0 Å². The maximum absolute atomic E-state index is 11.7. The molecule has 0 aromatic carbocycles. The fourth-order valence-electron chi connectivity index (χ4n) is 2.59. The van der Waals surface area contributed by atoms with E-state index < -0.39 is 8.32 Å². The highest BCUT2D eigenvalue weighted by Gasteiger charge is 2.19. The van der Waals surface area contributed by atoms with Crippen LogP contribution in [0.15, 0.2) is 0 Å². The van der Waals surface area contributed by atoms with Gasteiger partial charge in [0.1, 0.15) is 6.54 Å². The number of nitrogens with one attached hydrogen (secondary N) is 1. The van der Waals surface area contributed by atoms with Crippen LogP contribution >= 0.6 is 0 Å². The van der Waals surface area contributed by atoms with Gasteiger partial charge >= 0.3 is 5.97 Å². The Morgan fingerprint density at radius 2 is 1.25 bits per heavy atom. The standard InChI is InChI=1S/C19H39NO3Si/c1-5-6-7-8-9-10-11-12-13-14-15-16-18(21)20-17-19(22)23-24(2,3)4/h5-17H2,1-4H3,(H,20,21). The van der Waals surface area contributed by atoms with Gasteiger partial charge in [-0.1, -0.05) is 71.1 Å². The predicted molar refractivity (Wildman–Crippen MR) is 104 cm³/mol. The van der Waals surface area contributed by atoms with E-state index in [1.54, 1.807) is 0 Å². The number of carbonyl (C=O) groups excluding carboxylic acids is 2. The van der Waals surface area contributed by atoms with E-state index in [0.717, 1.165) is 12.8 Å². The molecule has 0 aromatic rings. The molecule has 0 rings (SSSR count). The molecule has 0 spiro atoms. The van der Waals surface area contributed by atoms with Crippen molar-refractivity contribution >= 4 is 20.2 Å². The van der Waals surface area contributed by atoms with E-state index in [1.165, 1.54) is 57.8 Å². The average molecular weight is 358 g/mol. The van der Waals surface area contributed by atoms with Gasteiger partial charge in [0.25, 0.3) is 0 Å². The van der Waals surface area contributed by atoms with Crippen LogP contribution in [0.25, 0.3) is 0 Å². The lowest BCUT2D eigenvalue weighted by atomic mass is 10.1. The van der Waals surface area contributed by atoms with Crippen molar-refractivity contribution in [2.45, 2.75) is 104 Å². The van der Waals surface area contributed by atoms with E-state index >= 15 is 0 Å². The van der Waals surface area contributed by atoms with Crippen molar-refractivity contribution in [3.05, 3.63) is 0 Å². The Hall–Kier alpha value is -0.843. The van der Waals surface area contributed by atoms with Crippen molar-refractivity contribution in [1.29, 1.82) is 0 Å². The third-order valence-electron chi connectivity index (χ3n) is 3.86. The molecule has 0 saturated carbocycles. The quantitative estimate of drug-likeness (QED) is 0.324. The van der Waals surface area contributed by atoms with E-state index in [4.69, 9.17) is 4.43 Å². The molecule has 142 valence electrons. The molecule has 0 atom stereocenters. The van der Waals surface area contributed by atoms with E-state index in [9.17, 15) is 9.59 Å². The van der Waals surface area contributed by atoms with Crippen molar-refractivity contribution in [2.75, 3.05) is 6.54 Å². The summed E-state index contributed by atoms with van der Waals surface area (Å²) in [6.45, 7) is 8.12. The van der Waals surface area contributed by atoms with Crippen LogP contribution in [-0.2, 0) is 14.0 Å². The molecule has 24 heavy (non-hydrogen) atoms. The van der Waals surface area contributed by atoms with E-state index in [1.807, 2.05) is 19.6 Å². The van der Waals surface area contributed by atoms with Crippen LogP contribution in [0.5, 0.6) is 0 Å². The summed E-state index contributed by atoms with van der Waals surface area (Å²) in [5.41, 5.74) is 0. The van der Waals surface area contributed by atoms with Crippen LogP contribution in [0.1, 0.15) is 84.0 Å². The molecule has 0 aromatic heterocycles. The summed E-state index contributed by atoms with van der Waals surface area (Å²) in [7, 11) is -1.85. The summed E-state index contributed by atoms with van der Waals surface area (Å²) in [5, 5.41) is 2.65. The van der Waals surface area contributed by atoms with E-state index in [0.29, 0.717) is 6.42 Å². The van der Waals surface area contributed by atoms with Gasteiger partial charge in [-0.05, 0) is 26.1 Å². The summed E-state index contributed by atoms with van der Waals surface area (Å²) >= 11 is 0. The zero-order valence-corrected chi connectivity index (χ0v) is 17.4. The van der Waals surface area contributed by atoms with Gasteiger partial charge in [-0.25, -0.2) is 0 Å². The molecular formula is C19H39NO3Si. The molecule has 0 aliphatic carbocycles. The van der Waals surface area contributed by atoms with Gasteiger partial charge < -0.3 is 9.74 Å². The molecule has 0 fully saturated rings. The van der Waals surface area contributed by atoms with Crippen LogP contribution in [-0.4, -0.2) is 26.7 Å². The maximum Gasteiger partial charge on any atom is 0.312 e. The topological polar surface area (TPSA) is 55.4 Å². The summed E-state index contributed by atoms with van der Waals surface area (Å²) in [6.07, 6.45) is 14.5. The SMILES string of the molecule is CCCCCCCCCCCCCC(=O)NCC(=O)O[Si](C)(C)C. The highest BCUT2D eigenvalue weighted by molar-refractivity contribution is 6.71. The molecule has 1 N–H and O–H groups in total. The van der Waals surface area contributed by atoms with Gasteiger partial charge in [0.05, 0.1) is 0 Å². The Morgan fingerprint density at radius 3 is 1.71 bits per heavy atom.